The molecular formula is C26H31FN6O. The van der Waals surface area contributed by atoms with E-state index in [9.17, 15) is 9.18 Å². The van der Waals surface area contributed by atoms with Gasteiger partial charge in [-0.05, 0) is 68.5 Å². The lowest BCUT2D eigenvalue weighted by Gasteiger charge is -2.36. The van der Waals surface area contributed by atoms with Crippen molar-refractivity contribution in [3.8, 4) is 11.1 Å². The van der Waals surface area contributed by atoms with E-state index in [0.29, 0.717) is 17.3 Å². The third-order valence-electron chi connectivity index (χ3n) is 7.20. The molecule has 34 heavy (non-hydrogen) atoms. The van der Waals surface area contributed by atoms with Gasteiger partial charge in [0, 0.05) is 55.8 Å². The van der Waals surface area contributed by atoms with Crippen LogP contribution >= 0.6 is 0 Å². The number of aromatic nitrogens is 3. The van der Waals surface area contributed by atoms with Gasteiger partial charge in [-0.3, -0.25) is 9.78 Å². The minimum Gasteiger partial charge on any atom is -0.309 e. The number of nitrogens with one attached hydrogen (secondary N) is 1. The molecule has 3 heterocycles. The monoisotopic (exact) mass is 462 g/mol. The Morgan fingerprint density at radius 3 is 2.56 bits per heavy atom. The van der Waals surface area contributed by atoms with Gasteiger partial charge in [-0.15, -0.1) is 10.2 Å². The van der Waals surface area contributed by atoms with Gasteiger partial charge < -0.3 is 15.1 Å². The summed E-state index contributed by atoms with van der Waals surface area (Å²) >= 11 is 0. The average molecular weight is 463 g/mol. The van der Waals surface area contributed by atoms with E-state index in [-0.39, 0.29) is 17.6 Å². The number of carbonyl (C=O) groups is 1. The zero-order chi connectivity index (χ0) is 23.5. The van der Waals surface area contributed by atoms with Crippen molar-refractivity contribution in [2.24, 2.45) is 11.8 Å². The van der Waals surface area contributed by atoms with Gasteiger partial charge >= 0.3 is 0 Å². The van der Waals surface area contributed by atoms with Gasteiger partial charge in [0.05, 0.1) is 11.7 Å². The fourth-order valence-corrected chi connectivity index (χ4v) is 5.09. The summed E-state index contributed by atoms with van der Waals surface area (Å²) < 4.78 is 13.6. The average Bonchev–Trinajstić information content (AvgIpc) is 2.85. The van der Waals surface area contributed by atoms with Crippen LogP contribution in [0.2, 0.25) is 0 Å². The molecule has 178 valence electrons. The number of hydrogen-bond acceptors (Lipinski definition) is 6. The number of benzene rings is 1. The van der Waals surface area contributed by atoms with Gasteiger partial charge in [0.1, 0.15) is 5.82 Å². The molecule has 5 rings (SSSR count). The second-order valence-corrected chi connectivity index (χ2v) is 9.71. The van der Waals surface area contributed by atoms with Gasteiger partial charge in [0.25, 0.3) is 0 Å². The van der Waals surface area contributed by atoms with Crippen LogP contribution in [0.25, 0.3) is 22.0 Å². The van der Waals surface area contributed by atoms with Crippen molar-refractivity contribution in [2.45, 2.75) is 25.7 Å². The van der Waals surface area contributed by atoms with Crippen LogP contribution in [0.3, 0.4) is 0 Å². The first-order chi connectivity index (χ1) is 16.5. The standard InChI is InChI=1S/C26H31FN6O/c1-32-8-10-33(11-9-32)17-18-2-4-19(5-3-18)26(34)29-25-14-21-12-20(6-7-24(21)30-31-25)22-13-23(27)16-28-15-22/h6-7,12-16,18-19H,2-5,8-11,17H2,1H3,(H,29,31,34). The van der Waals surface area contributed by atoms with Crippen molar-refractivity contribution in [2.75, 3.05) is 45.1 Å². The molecule has 0 bridgehead atoms. The first kappa shape index (κ1) is 22.8. The van der Waals surface area contributed by atoms with Gasteiger partial charge in [0.2, 0.25) is 5.91 Å². The van der Waals surface area contributed by atoms with Gasteiger partial charge in [-0.1, -0.05) is 6.07 Å². The van der Waals surface area contributed by atoms with Crippen molar-refractivity contribution in [1.29, 1.82) is 0 Å². The van der Waals surface area contributed by atoms with Crippen molar-refractivity contribution in [3.63, 3.8) is 0 Å². The third-order valence-corrected chi connectivity index (χ3v) is 7.20. The Bertz CT molecular complexity index is 1150. The highest BCUT2D eigenvalue weighted by Gasteiger charge is 2.28. The van der Waals surface area contributed by atoms with Gasteiger partial charge in [0.15, 0.2) is 5.82 Å². The summed E-state index contributed by atoms with van der Waals surface area (Å²) in [6.07, 6.45) is 6.84. The zero-order valence-corrected chi connectivity index (χ0v) is 19.6. The fraction of sp³-hybridized carbons (Fsp3) is 0.462. The molecule has 0 spiro atoms. The minimum atomic E-state index is -0.378. The molecule has 0 unspecified atom stereocenters. The van der Waals surface area contributed by atoms with E-state index in [1.165, 1.54) is 12.3 Å². The molecule has 0 atom stereocenters. The van der Waals surface area contributed by atoms with E-state index in [0.717, 1.165) is 74.9 Å². The van der Waals surface area contributed by atoms with Crippen molar-refractivity contribution >= 4 is 22.6 Å². The van der Waals surface area contributed by atoms with E-state index in [1.807, 2.05) is 24.3 Å². The first-order valence-electron chi connectivity index (χ1n) is 12.1. The highest BCUT2D eigenvalue weighted by atomic mass is 19.1. The number of nitrogens with zero attached hydrogens (tertiary/aromatic N) is 5. The zero-order valence-electron chi connectivity index (χ0n) is 19.6. The number of fused-ring (bicyclic) bond motifs is 1. The Hall–Kier alpha value is -2.97. The number of likely N-dealkylation sites (N-methyl/N-ethyl adjacent to an activating group) is 1. The largest absolute Gasteiger partial charge is 0.309 e. The van der Waals surface area contributed by atoms with Crippen LogP contribution in [-0.4, -0.2) is 70.7 Å². The number of amides is 1. The second kappa shape index (κ2) is 10.1. The molecule has 8 heteroatoms. The smallest absolute Gasteiger partial charge is 0.228 e. The van der Waals surface area contributed by atoms with Crippen LogP contribution < -0.4 is 5.32 Å². The molecule has 2 aliphatic rings. The lowest BCUT2D eigenvalue weighted by Crippen LogP contribution is -2.46. The SMILES string of the molecule is CN1CCN(CC2CCC(C(=O)Nc3cc4cc(-c5cncc(F)c5)ccc4nn3)CC2)CC1. The number of halogens is 1. The molecule has 1 saturated heterocycles. The highest BCUT2D eigenvalue weighted by molar-refractivity contribution is 5.94. The summed E-state index contributed by atoms with van der Waals surface area (Å²) in [5, 5.41) is 12.3. The molecule has 1 amide bonds. The number of hydrogen-bond donors (Lipinski definition) is 1. The number of anilines is 1. The molecule has 0 radical (unpaired) electrons. The van der Waals surface area contributed by atoms with E-state index in [2.05, 4.69) is 37.3 Å². The topological polar surface area (TPSA) is 74.2 Å². The predicted octanol–water partition coefficient (Wildman–Crippen LogP) is 3.82. The Labute approximate surface area is 199 Å². The molecule has 2 fully saturated rings. The van der Waals surface area contributed by atoms with Crippen LogP contribution in [0.15, 0.2) is 42.7 Å². The van der Waals surface area contributed by atoms with E-state index >= 15 is 0 Å². The Morgan fingerprint density at radius 1 is 1.00 bits per heavy atom. The van der Waals surface area contributed by atoms with E-state index in [1.54, 1.807) is 6.20 Å². The summed E-state index contributed by atoms with van der Waals surface area (Å²) in [7, 11) is 2.18. The maximum absolute atomic E-state index is 13.6. The van der Waals surface area contributed by atoms with Crippen LogP contribution in [-0.2, 0) is 4.79 Å². The van der Waals surface area contributed by atoms with E-state index < -0.39 is 0 Å². The minimum absolute atomic E-state index is 0.0194. The number of rotatable bonds is 5. The Balaban J connectivity index is 1.19. The molecule has 1 aliphatic heterocycles. The van der Waals surface area contributed by atoms with Crippen LogP contribution in [0.5, 0.6) is 0 Å². The molecule has 2 aromatic heterocycles. The van der Waals surface area contributed by atoms with E-state index in [4.69, 9.17) is 0 Å². The quantitative estimate of drug-likeness (QED) is 0.621. The summed E-state index contributed by atoms with van der Waals surface area (Å²) in [5.74, 6) is 0.801. The maximum Gasteiger partial charge on any atom is 0.228 e. The van der Waals surface area contributed by atoms with Crippen molar-refractivity contribution in [1.82, 2.24) is 25.0 Å². The summed E-state index contributed by atoms with van der Waals surface area (Å²) in [5.41, 5.74) is 2.25. The Kier molecular flexibility index (Phi) is 6.78. The van der Waals surface area contributed by atoms with Crippen LogP contribution in [0.4, 0.5) is 10.2 Å². The highest BCUT2D eigenvalue weighted by Crippen LogP contribution is 2.31. The third kappa shape index (κ3) is 5.39. The Morgan fingerprint density at radius 2 is 1.79 bits per heavy atom. The number of pyridine rings is 1. The number of piperazine rings is 1. The number of carbonyl (C=O) groups excluding carboxylic acids is 1. The van der Waals surface area contributed by atoms with Gasteiger partial charge in [-0.25, -0.2) is 4.39 Å². The maximum atomic E-state index is 13.6. The fourth-order valence-electron chi connectivity index (χ4n) is 5.09. The molecule has 7 nitrogen and oxygen atoms in total. The summed E-state index contributed by atoms with van der Waals surface area (Å²) in [6, 6.07) is 8.91. The normalized spacial score (nSPS) is 22.1. The summed E-state index contributed by atoms with van der Waals surface area (Å²) in [6.45, 7) is 5.74. The molecule has 1 saturated carbocycles. The van der Waals surface area contributed by atoms with Crippen LogP contribution in [0, 0.1) is 17.7 Å². The first-order valence-corrected chi connectivity index (χ1v) is 12.1. The molecule has 1 N–H and O–H groups in total. The van der Waals surface area contributed by atoms with Crippen molar-refractivity contribution < 1.29 is 9.18 Å². The van der Waals surface area contributed by atoms with Crippen LogP contribution in [0.1, 0.15) is 25.7 Å². The molecule has 3 aromatic rings. The molecule has 1 aromatic carbocycles. The molecule has 1 aliphatic carbocycles. The van der Waals surface area contributed by atoms with Crippen molar-refractivity contribution in [3.05, 3.63) is 48.5 Å². The molecular weight excluding hydrogens is 431 g/mol. The predicted molar refractivity (Wildman–Crippen MR) is 131 cm³/mol. The summed E-state index contributed by atoms with van der Waals surface area (Å²) in [4.78, 5) is 21.8. The lowest BCUT2D eigenvalue weighted by atomic mass is 9.81. The second-order valence-electron chi connectivity index (χ2n) is 9.71. The van der Waals surface area contributed by atoms with Gasteiger partial charge in [-0.2, -0.15) is 0 Å². The lowest BCUT2D eigenvalue weighted by molar-refractivity contribution is -0.121.